The van der Waals surface area contributed by atoms with Crippen molar-refractivity contribution >= 4 is 5.69 Å². The van der Waals surface area contributed by atoms with Gasteiger partial charge in [-0.15, -0.1) is 0 Å². The lowest BCUT2D eigenvalue weighted by atomic mass is 10.1. The second kappa shape index (κ2) is 4.12. The Morgan fingerprint density at radius 3 is 2.58 bits per heavy atom. The van der Waals surface area contributed by atoms with Gasteiger partial charge in [-0.1, -0.05) is 25.5 Å². The molecule has 2 nitrogen and oxygen atoms in total. The maximum Gasteiger partial charge on any atom is 0.0362 e. The maximum atomic E-state index is 5.78. The molecule has 1 aromatic rings. The van der Waals surface area contributed by atoms with Crippen LogP contribution in [0.25, 0.3) is 0 Å². The van der Waals surface area contributed by atoms with Gasteiger partial charge in [0.05, 0.1) is 0 Å². The molecule has 0 aromatic heterocycles. The number of hydrogen-bond acceptors (Lipinski definition) is 2. The highest BCUT2D eigenvalue weighted by atomic mass is 14.6. The standard InChI is InChI=1S/C10H16N2/c1-2-3-8-4-5-9(7-11)10(12)6-8/h4-6H,2-3,7,11-12H2,1H3. The predicted octanol–water partition coefficient (Wildman–Crippen LogP) is 1.68. The molecule has 0 unspecified atom stereocenters. The first-order chi connectivity index (χ1) is 5.77. The lowest BCUT2D eigenvalue weighted by Crippen LogP contribution is -2.01. The van der Waals surface area contributed by atoms with Crippen LogP contribution in [-0.4, -0.2) is 0 Å². The van der Waals surface area contributed by atoms with E-state index in [0.717, 1.165) is 24.1 Å². The van der Waals surface area contributed by atoms with Crippen molar-refractivity contribution in [3.05, 3.63) is 29.3 Å². The molecule has 0 atom stereocenters. The minimum absolute atomic E-state index is 0.526. The minimum atomic E-state index is 0.526. The molecule has 1 rings (SSSR count). The number of benzene rings is 1. The van der Waals surface area contributed by atoms with Crippen LogP contribution in [0.15, 0.2) is 18.2 Å². The smallest absolute Gasteiger partial charge is 0.0362 e. The van der Waals surface area contributed by atoms with Crippen LogP contribution in [0.2, 0.25) is 0 Å². The van der Waals surface area contributed by atoms with Gasteiger partial charge in [-0.3, -0.25) is 0 Å². The highest BCUT2D eigenvalue weighted by Crippen LogP contribution is 2.14. The van der Waals surface area contributed by atoms with Crippen LogP contribution in [0.5, 0.6) is 0 Å². The molecule has 0 spiro atoms. The molecule has 0 radical (unpaired) electrons. The van der Waals surface area contributed by atoms with E-state index in [1.165, 1.54) is 5.56 Å². The number of nitrogens with two attached hydrogens (primary N) is 2. The van der Waals surface area contributed by atoms with Crippen LogP contribution in [0.1, 0.15) is 24.5 Å². The summed E-state index contributed by atoms with van der Waals surface area (Å²) in [6.07, 6.45) is 2.25. The van der Waals surface area contributed by atoms with E-state index in [4.69, 9.17) is 11.5 Å². The summed E-state index contributed by atoms with van der Waals surface area (Å²) in [6.45, 7) is 2.69. The van der Waals surface area contributed by atoms with Crippen LogP contribution < -0.4 is 11.5 Å². The van der Waals surface area contributed by atoms with Crippen LogP contribution >= 0.6 is 0 Å². The molecule has 0 amide bonds. The second-order valence-electron chi connectivity index (χ2n) is 2.99. The summed E-state index contributed by atoms with van der Waals surface area (Å²) in [5.41, 5.74) is 14.4. The zero-order valence-electron chi connectivity index (χ0n) is 7.51. The molecule has 0 aliphatic rings. The third-order valence-electron chi connectivity index (χ3n) is 1.97. The molecule has 66 valence electrons. The Balaban J connectivity index is 2.86. The Hall–Kier alpha value is -1.02. The SMILES string of the molecule is CCCc1ccc(CN)c(N)c1. The van der Waals surface area contributed by atoms with E-state index in [1.54, 1.807) is 0 Å². The van der Waals surface area contributed by atoms with E-state index >= 15 is 0 Å². The second-order valence-corrected chi connectivity index (χ2v) is 2.99. The first kappa shape index (κ1) is 9.07. The molecular formula is C10H16N2. The summed E-state index contributed by atoms with van der Waals surface area (Å²) >= 11 is 0. The average Bonchev–Trinajstić information content (AvgIpc) is 2.05. The van der Waals surface area contributed by atoms with Gasteiger partial charge in [-0.25, -0.2) is 0 Å². The van der Waals surface area contributed by atoms with Gasteiger partial charge < -0.3 is 11.5 Å². The van der Waals surface area contributed by atoms with Crippen molar-refractivity contribution in [2.75, 3.05) is 5.73 Å². The highest BCUT2D eigenvalue weighted by molar-refractivity contribution is 5.49. The van der Waals surface area contributed by atoms with Gasteiger partial charge in [0.1, 0.15) is 0 Å². The Labute approximate surface area is 73.6 Å². The number of nitrogen functional groups attached to an aromatic ring is 1. The topological polar surface area (TPSA) is 52.0 Å². The zero-order valence-corrected chi connectivity index (χ0v) is 7.51. The van der Waals surface area contributed by atoms with Crippen LogP contribution in [0.3, 0.4) is 0 Å². The van der Waals surface area contributed by atoms with E-state index in [1.807, 2.05) is 12.1 Å². The largest absolute Gasteiger partial charge is 0.398 e. The molecule has 0 aliphatic carbocycles. The Bertz CT molecular complexity index is 256. The van der Waals surface area contributed by atoms with E-state index in [0.29, 0.717) is 6.54 Å². The van der Waals surface area contributed by atoms with Gasteiger partial charge in [0.2, 0.25) is 0 Å². The fraction of sp³-hybridized carbons (Fsp3) is 0.400. The lowest BCUT2D eigenvalue weighted by Gasteiger charge is -2.05. The monoisotopic (exact) mass is 164 g/mol. The summed E-state index contributed by atoms with van der Waals surface area (Å²) < 4.78 is 0. The molecule has 4 N–H and O–H groups in total. The third kappa shape index (κ3) is 1.98. The molecule has 0 saturated carbocycles. The molecule has 0 heterocycles. The molecular weight excluding hydrogens is 148 g/mol. The van der Waals surface area contributed by atoms with Gasteiger partial charge in [-0.2, -0.15) is 0 Å². The molecule has 2 heteroatoms. The number of aryl methyl sites for hydroxylation is 1. The van der Waals surface area contributed by atoms with Crippen LogP contribution in [-0.2, 0) is 13.0 Å². The summed E-state index contributed by atoms with van der Waals surface area (Å²) in [6, 6.07) is 6.13. The van der Waals surface area contributed by atoms with Gasteiger partial charge in [0.25, 0.3) is 0 Å². The Kier molecular flexibility index (Phi) is 3.11. The first-order valence-electron chi connectivity index (χ1n) is 4.35. The van der Waals surface area contributed by atoms with E-state index in [9.17, 15) is 0 Å². The average molecular weight is 164 g/mol. The summed E-state index contributed by atoms with van der Waals surface area (Å²) in [7, 11) is 0. The fourth-order valence-electron chi connectivity index (χ4n) is 1.27. The van der Waals surface area contributed by atoms with Crippen LogP contribution in [0, 0.1) is 0 Å². The molecule has 0 aliphatic heterocycles. The Morgan fingerprint density at radius 2 is 2.08 bits per heavy atom. The van der Waals surface area contributed by atoms with E-state index in [2.05, 4.69) is 13.0 Å². The van der Waals surface area contributed by atoms with Crippen molar-refractivity contribution < 1.29 is 0 Å². The van der Waals surface area contributed by atoms with Gasteiger partial charge in [-0.05, 0) is 23.6 Å². The van der Waals surface area contributed by atoms with Gasteiger partial charge in [0, 0.05) is 12.2 Å². The number of anilines is 1. The maximum absolute atomic E-state index is 5.78. The van der Waals surface area contributed by atoms with Crippen molar-refractivity contribution in [3.8, 4) is 0 Å². The van der Waals surface area contributed by atoms with Crippen molar-refractivity contribution in [3.63, 3.8) is 0 Å². The minimum Gasteiger partial charge on any atom is -0.398 e. The van der Waals surface area contributed by atoms with Gasteiger partial charge >= 0.3 is 0 Å². The highest BCUT2D eigenvalue weighted by Gasteiger charge is 1.97. The van der Waals surface area contributed by atoms with Crippen LogP contribution in [0.4, 0.5) is 5.69 Å². The zero-order chi connectivity index (χ0) is 8.97. The van der Waals surface area contributed by atoms with E-state index < -0.39 is 0 Å². The Morgan fingerprint density at radius 1 is 1.33 bits per heavy atom. The van der Waals surface area contributed by atoms with Gasteiger partial charge in [0.15, 0.2) is 0 Å². The molecule has 0 bridgehead atoms. The molecule has 0 fully saturated rings. The first-order valence-corrected chi connectivity index (χ1v) is 4.35. The van der Waals surface area contributed by atoms with Crippen molar-refractivity contribution in [2.45, 2.75) is 26.3 Å². The van der Waals surface area contributed by atoms with Crippen molar-refractivity contribution in [1.29, 1.82) is 0 Å². The lowest BCUT2D eigenvalue weighted by molar-refractivity contribution is 0.920. The normalized spacial score (nSPS) is 10.2. The number of rotatable bonds is 3. The fourth-order valence-corrected chi connectivity index (χ4v) is 1.27. The summed E-state index contributed by atoms with van der Waals surface area (Å²) in [5, 5.41) is 0. The molecule has 0 saturated heterocycles. The van der Waals surface area contributed by atoms with Crippen molar-refractivity contribution in [2.24, 2.45) is 5.73 Å². The van der Waals surface area contributed by atoms with E-state index in [-0.39, 0.29) is 0 Å². The predicted molar refractivity (Wildman–Crippen MR) is 52.7 cm³/mol. The van der Waals surface area contributed by atoms with Crippen molar-refractivity contribution in [1.82, 2.24) is 0 Å². The summed E-state index contributed by atoms with van der Waals surface area (Å²) in [5.74, 6) is 0. The third-order valence-corrected chi connectivity index (χ3v) is 1.97. The number of hydrogen-bond donors (Lipinski definition) is 2. The summed E-state index contributed by atoms with van der Waals surface area (Å²) in [4.78, 5) is 0. The quantitative estimate of drug-likeness (QED) is 0.668. The molecule has 1 aromatic carbocycles. The molecule has 12 heavy (non-hydrogen) atoms.